The zero-order valence-corrected chi connectivity index (χ0v) is 12.0. The molecule has 5 nitrogen and oxygen atoms in total. The number of hydrogen-bond donors (Lipinski definition) is 1. The molecule has 104 valence electrons. The molecule has 0 spiro atoms. The Kier molecular flexibility index (Phi) is 3.73. The lowest BCUT2D eigenvalue weighted by Gasteiger charge is -2.16. The van der Waals surface area contributed by atoms with Gasteiger partial charge in [0.15, 0.2) is 9.84 Å². The summed E-state index contributed by atoms with van der Waals surface area (Å²) < 4.78 is 24.3. The average molecular weight is 303 g/mol. The van der Waals surface area contributed by atoms with Crippen molar-refractivity contribution in [3.05, 3.63) is 23.2 Å². The highest BCUT2D eigenvalue weighted by atomic mass is 35.5. The zero-order valence-electron chi connectivity index (χ0n) is 10.5. The highest BCUT2D eigenvalue weighted by Gasteiger charge is 2.32. The third-order valence-electron chi connectivity index (χ3n) is 3.09. The number of carbonyl (C=O) groups is 1. The second kappa shape index (κ2) is 5.02. The molecule has 19 heavy (non-hydrogen) atoms. The van der Waals surface area contributed by atoms with E-state index in [0.717, 1.165) is 12.8 Å². The van der Waals surface area contributed by atoms with Crippen LogP contribution in [0.5, 0.6) is 0 Å². The maximum absolute atomic E-state index is 12.1. The van der Waals surface area contributed by atoms with Gasteiger partial charge in [-0.05, 0) is 31.0 Å². The Labute approximate surface area is 117 Å². The van der Waals surface area contributed by atoms with Crippen LogP contribution in [0.3, 0.4) is 0 Å². The molecule has 1 fully saturated rings. The van der Waals surface area contributed by atoms with Crippen LogP contribution in [-0.4, -0.2) is 38.1 Å². The number of anilines is 1. The lowest BCUT2D eigenvalue weighted by atomic mass is 10.3. The summed E-state index contributed by atoms with van der Waals surface area (Å²) in [4.78, 5) is 13.3. The van der Waals surface area contributed by atoms with E-state index in [0.29, 0.717) is 5.69 Å². The molecule has 1 aromatic rings. The van der Waals surface area contributed by atoms with Crippen molar-refractivity contribution in [2.24, 2.45) is 0 Å². The molecule has 1 aromatic carbocycles. The maximum Gasteiger partial charge on any atom is 0.238 e. The third kappa shape index (κ3) is 3.19. The lowest BCUT2D eigenvalue weighted by molar-refractivity contribution is -0.127. The van der Waals surface area contributed by atoms with Crippen molar-refractivity contribution in [3.63, 3.8) is 0 Å². The van der Waals surface area contributed by atoms with Gasteiger partial charge < -0.3 is 10.6 Å². The van der Waals surface area contributed by atoms with E-state index in [1.54, 1.807) is 7.05 Å². The van der Waals surface area contributed by atoms with Gasteiger partial charge >= 0.3 is 0 Å². The first-order valence-corrected chi connectivity index (χ1v) is 7.88. The highest BCUT2D eigenvalue weighted by molar-refractivity contribution is 7.92. The van der Waals surface area contributed by atoms with E-state index in [4.69, 9.17) is 17.3 Å². The van der Waals surface area contributed by atoms with E-state index in [2.05, 4.69) is 0 Å². The molecular formula is C12H15ClN2O3S. The predicted octanol–water partition coefficient (Wildman–Crippen LogP) is 1.32. The minimum atomic E-state index is -3.74. The average Bonchev–Trinajstić information content (AvgIpc) is 3.10. The van der Waals surface area contributed by atoms with Gasteiger partial charge in [-0.15, -0.1) is 0 Å². The monoisotopic (exact) mass is 302 g/mol. The Balaban J connectivity index is 2.20. The number of hydrogen-bond acceptors (Lipinski definition) is 4. The SMILES string of the molecule is CN(C(=O)CS(=O)(=O)c1ccc(N)cc1Cl)C1CC1. The molecule has 2 rings (SSSR count). The van der Waals surface area contributed by atoms with Crippen LogP contribution in [0, 0.1) is 0 Å². The largest absolute Gasteiger partial charge is 0.399 e. The topological polar surface area (TPSA) is 80.5 Å². The van der Waals surface area contributed by atoms with Gasteiger partial charge in [0.2, 0.25) is 5.91 Å². The van der Waals surface area contributed by atoms with E-state index in [9.17, 15) is 13.2 Å². The van der Waals surface area contributed by atoms with E-state index in [1.165, 1.54) is 23.1 Å². The predicted molar refractivity (Wildman–Crippen MR) is 73.7 cm³/mol. The van der Waals surface area contributed by atoms with Gasteiger partial charge in [0.25, 0.3) is 0 Å². The molecule has 1 amide bonds. The number of carbonyl (C=O) groups excluding carboxylic acids is 1. The maximum atomic E-state index is 12.1. The second-order valence-electron chi connectivity index (χ2n) is 4.68. The summed E-state index contributed by atoms with van der Waals surface area (Å²) >= 11 is 5.87. The van der Waals surface area contributed by atoms with Crippen molar-refractivity contribution >= 4 is 33.0 Å². The van der Waals surface area contributed by atoms with E-state index in [-0.39, 0.29) is 16.0 Å². The van der Waals surface area contributed by atoms with Crippen LogP contribution in [0.15, 0.2) is 23.1 Å². The van der Waals surface area contributed by atoms with Crippen LogP contribution in [0.2, 0.25) is 5.02 Å². The number of nitrogen functional groups attached to an aromatic ring is 1. The van der Waals surface area contributed by atoms with Crippen LogP contribution in [-0.2, 0) is 14.6 Å². The Morgan fingerprint density at radius 1 is 1.47 bits per heavy atom. The van der Waals surface area contributed by atoms with Gasteiger partial charge in [0, 0.05) is 18.8 Å². The van der Waals surface area contributed by atoms with Gasteiger partial charge in [0.05, 0.1) is 9.92 Å². The van der Waals surface area contributed by atoms with Crippen LogP contribution < -0.4 is 5.73 Å². The smallest absolute Gasteiger partial charge is 0.238 e. The van der Waals surface area contributed by atoms with Gasteiger partial charge in [-0.2, -0.15) is 0 Å². The fraction of sp³-hybridized carbons (Fsp3) is 0.417. The molecule has 0 radical (unpaired) electrons. The number of benzene rings is 1. The van der Waals surface area contributed by atoms with E-state index in [1.807, 2.05) is 0 Å². The van der Waals surface area contributed by atoms with Crippen LogP contribution in [0.4, 0.5) is 5.69 Å². The van der Waals surface area contributed by atoms with Crippen LogP contribution >= 0.6 is 11.6 Å². The number of halogens is 1. The minimum absolute atomic E-state index is 0.0434. The van der Waals surface area contributed by atoms with Crippen LogP contribution in [0.1, 0.15) is 12.8 Å². The first-order chi connectivity index (χ1) is 8.81. The molecule has 1 aliphatic rings. The summed E-state index contributed by atoms with van der Waals surface area (Å²) in [6.45, 7) is 0. The number of nitrogens with zero attached hydrogens (tertiary/aromatic N) is 1. The molecule has 7 heteroatoms. The van der Waals surface area contributed by atoms with Crippen molar-refractivity contribution < 1.29 is 13.2 Å². The van der Waals surface area contributed by atoms with Gasteiger partial charge in [-0.1, -0.05) is 11.6 Å². The normalized spacial score (nSPS) is 15.3. The van der Waals surface area contributed by atoms with Crippen LogP contribution in [0.25, 0.3) is 0 Å². The van der Waals surface area contributed by atoms with E-state index < -0.39 is 21.5 Å². The molecule has 0 heterocycles. The fourth-order valence-electron chi connectivity index (χ4n) is 1.78. The Morgan fingerprint density at radius 3 is 2.63 bits per heavy atom. The molecule has 1 saturated carbocycles. The van der Waals surface area contributed by atoms with Crippen molar-refractivity contribution in [3.8, 4) is 0 Å². The van der Waals surface area contributed by atoms with E-state index >= 15 is 0 Å². The first-order valence-electron chi connectivity index (χ1n) is 5.85. The lowest BCUT2D eigenvalue weighted by Crippen LogP contribution is -2.34. The second-order valence-corrected chi connectivity index (χ2v) is 7.05. The zero-order chi connectivity index (χ0) is 14.2. The molecule has 0 unspecified atom stereocenters. The number of amides is 1. The fourth-order valence-corrected chi connectivity index (χ4v) is 3.63. The number of sulfone groups is 1. The molecule has 0 bridgehead atoms. The van der Waals surface area contributed by atoms with Crippen molar-refractivity contribution in [2.75, 3.05) is 18.5 Å². The Bertz CT molecular complexity index is 611. The molecule has 1 aliphatic carbocycles. The summed E-state index contributed by atoms with van der Waals surface area (Å²) in [5, 5.41) is 0.0434. The van der Waals surface area contributed by atoms with Gasteiger partial charge in [0.1, 0.15) is 5.75 Å². The van der Waals surface area contributed by atoms with Gasteiger partial charge in [-0.3, -0.25) is 4.79 Å². The number of nitrogens with two attached hydrogens (primary N) is 1. The molecule has 0 atom stereocenters. The van der Waals surface area contributed by atoms with Crippen molar-refractivity contribution in [2.45, 2.75) is 23.8 Å². The van der Waals surface area contributed by atoms with Gasteiger partial charge in [-0.25, -0.2) is 8.42 Å². The molecule has 0 aliphatic heterocycles. The summed E-state index contributed by atoms with van der Waals surface area (Å²) in [6.07, 6.45) is 1.87. The molecular weight excluding hydrogens is 288 g/mol. The summed E-state index contributed by atoms with van der Waals surface area (Å²) in [6, 6.07) is 4.33. The summed E-state index contributed by atoms with van der Waals surface area (Å²) in [5.74, 6) is -0.973. The standard InChI is InChI=1S/C12H15ClN2O3S/c1-15(9-3-4-9)12(16)7-19(17,18)11-5-2-8(14)6-10(11)13/h2,5-6,9H,3-4,7,14H2,1H3. The Morgan fingerprint density at radius 2 is 2.11 bits per heavy atom. The molecule has 0 saturated heterocycles. The highest BCUT2D eigenvalue weighted by Crippen LogP contribution is 2.27. The summed E-state index contributed by atoms with van der Waals surface area (Å²) in [7, 11) is -2.11. The molecule has 2 N–H and O–H groups in total. The third-order valence-corrected chi connectivity index (χ3v) is 5.17. The summed E-state index contributed by atoms with van der Waals surface area (Å²) in [5.41, 5.74) is 5.89. The van der Waals surface area contributed by atoms with Crippen molar-refractivity contribution in [1.82, 2.24) is 4.90 Å². The number of rotatable bonds is 4. The molecule has 0 aromatic heterocycles. The first kappa shape index (κ1) is 14.1. The quantitative estimate of drug-likeness (QED) is 0.851. The minimum Gasteiger partial charge on any atom is -0.399 e. The Hall–Kier alpha value is -1.27. The van der Waals surface area contributed by atoms with Crippen molar-refractivity contribution in [1.29, 1.82) is 0 Å².